The summed E-state index contributed by atoms with van der Waals surface area (Å²) < 4.78 is 61.8. The Morgan fingerprint density at radius 1 is 0.950 bits per heavy atom. The molecule has 0 aliphatic heterocycles. The lowest BCUT2D eigenvalue weighted by Gasteiger charge is -2.33. The predicted octanol–water partition coefficient (Wildman–Crippen LogP) is 4.50. The first-order valence-electron chi connectivity index (χ1n) is 12.5. The molecule has 3 aromatic carbocycles. The van der Waals surface area contributed by atoms with Crippen LogP contribution in [0.4, 0.5) is 14.5 Å². The van der Waals surface area contributed by atoms with Gasteiger partial charge in [0.05, 0.1) is 17.7 Å². The summed E-state index contributed by atoms with van der Waals surface area (Å²) in [5.74, 6) is -2.00. The number of methoxy groups -OCH3 is 1. The summed E-state index contributed by atoms with van der Waals surface area (Å²) in [6.45, 7) is 5.79. The maximum absolute atomic E-state index is 14.6. The van der Waals surface area contributed by atoms with E-state index in [-0.39, 0.29) is 22.7 Å². The smallest absolute Gasteiger partial charge is 0.264 e. The summed E-state index contributed by atoms with van der Waals surface area (Å²) >= 11 is 0. The van der Waals surface area contributed by atoms with Gasteiger partial charge in [0.1, 0.15) is 30.0 Å². The van der Waals surface area contributed by atoms with E-state index in [1.54, 1.807) is 26.8 Å². The number of hydrogen-bond acceptors (Lipinski definition) is 5. The second-order valence-electron chi connectivity index (χ2n) is 10.2. The number of hydrogen-bond donors (Lipinski definition) is 1. The number of carbonyl (C=O) groups excluding carboxylic acids is 2. The van der Waals surface area contributed by atoms with E-state index >= 15 is 0 Å². The van der Waals surface area contributed by atoms with Crippen LogP contribution in [-0.2, 0) is 26.2 Å². The first kappa shape index (κ1) is 30.6. The topological polar surface area (TPSA) is 96.0 Å². The van der Waals surface area contributed by atoms with Crippen LogP contribution in [0.3, 0.4) is 0 Å². The third kappa shape index (κ3) is 7.56. The van der Waals surface area contributed by atoms with Crippen molar-refractivity contribution in [3.63, 3.8) is 0 Å². The molecule has 0 saturated carbocycles. The minimum Gasteiger partial charge on any atom is -0.497 e. The number of nitrogens with one attached hydrogen (secondary N) is 1. The van der Waals surface area contributed by atoms with E-state index in [0.717, 1.165) is 21.3 Å². The van der Waals surface area contributed by atoms with Gasteiger partial charge < -0.3 is 15.0 Å². The molecule has 1 atom stereocenters. The van der Waals surface area contributed by atoms with Crippen LogP contribution in [0.2, 0.25) is 0 Å². The molecule has 0 aromatic heterocycles. The van der Waals surface area contributed by atoms with Crippen LogP contribution in [0, 0.1) is 11.6 Å². The lowest BCUT2D eigenvalue weighted by atomic mass is 10.1. The van der Waals surface area contributed by atoms with E-state index in [4.69, 9.17) is 4.74 Å². The first-order chi connectivity index (χ1) is 18.7. The highest BCUT2D eigenvalue weighted by molar-refractivity contribution is 7.92. The van der Waals surface area contributed by atoms with Crippen molar-refractivity contribution >= 4 is 27.5 Å². The quantitative estimate of drug-likeness (QED) is 0.385. The zero-order chi connectivity index (χ0) is 29.7. The number of sulfonamides is 1. The second kappa shape index (κ2) is 12.5. The van der Waals surface area contributed by atoms with Gasteiger partial charge in [-0.15, -0.1) is 0 Å². The minimum absolute atomic E-state index is 0.0307. The van der Waals surface area contributed by atoms with Gasteiger partial charge in [-0.2, -0.15) is 0 Å². The van der Waals surface area contributed by atoms with Crippen LogP contribution in [0.1, 0.15) is 33.3 Å². The van der Waals surface area contributed by atoms with Gasteiger partial charge in [0.2, 0.25) is 11.8 Å². The Bertz CT molecular complexity index is 1440. The van der Waals surface area contributed by atoms with Crippen LogP contribution in [0.15, 0.2) is 77.7 Å². The Hall–Kier alpha value is -3.99. The molecule has 0 saturated heterocycles. The zero-order valence-corrected chi connectivity index (χ0v) is 23.8. The van der Waals surface area contributed by atoms with Crippen molar-refractivity contribution in [2.75, 3.05) is 18.0 Å². The van der Waals surface area contributed by atoms with Crippen LogP contribution in [-0.4, -0.2) is 50.4 Å². The first-order valence-corrected chi connectivity index (χ1v) is 13.9. The van der Waals surface area contributed by atoms with Crippen molar-refractivity contribution in [1.82, 2.24) is 10.2 Å². The molecule has 3 rings (SSSR count). The van der Waals surface area contributed by atoms with Crippen molar-refractivity contribution in [3.05, 3.63) is 90.0 Å². The minimum atomic E-state index is -4.34. The Morgan fingerprint density at radius 3 is 2.10 bits per heavy atom. The summed E-state index contributed by atoms with van der Waals surface area (Å²) in [6, 6.07) is 14.9. The van der Waals surface area contributed by atoms with Crippen LogP contribution >= 0.6 is 0 Å². The molecule has 0 aliphatic carbocycles. The highest BCUT2D eigenvalue weighted by Gasteiger charge is 2.33. The molecule has 0 unspecified atom stereocenters. The van der Waals surface area contributed by atoms with Gasteiger partial charge >= 0.3 is 0 Å². The molecule has 8 nitrogen and oxygen atoms in total. The molecule has 0 radical (unpaired) electrons. The standard InChI is InChI=1S/C29H33F2N3O5S/c1-20(28(36)32-29(2,3)4)33(18-21-8-6-7-9-26(21)31)27(35)19-34(23-12-10-22(30)11-13-23)40(37,38)25-16-14-24(39-5)15-17-25/h6-17,20H,18-19H2,1-5H3,(H,32,36)/t20-/m1/s1. The van der Waals surface area contributed by atoms with Crippen LogP contribution < -0.4 is 14.4 Å². The molecule has 0 fully saturated rings. The summed E-state index contributed by atoms with van der Waals surface area (Å²) in [7, 11) is -2.90. The molecule has 214 valence electrons. The number of ether oxygens (including phenoxy) is 1. The van der Waals surface area contributed by atoms with Gasteiger partial charge in [-0.25, -0.2) is 17.2 Å². The average Bonchev–Trinajstić information content (AvgIpc) is 2.90. The van der Waals surface area contributed by atoms with Gasteiger partial charge in [0, 0.05) is 17.6 Å². The molecular weight excluding hydrogens is 540 g/mol. The van der Waals surface area contributed by atoms with Crippen molar-refractivity contribution in [1.29, 1.82) is 0 Å². The highest BCUT2D eigenvalue weighted by Crippen LogP contribution is 2.26. The van der Waals surface area contributed by atoms with E-state index in [1.807, 2.05) is 0 Å². The van der Waals surface area contributed by atoms with Crippen molar-refractivity contribution in [2.45, 2.75) is 50.7 Å². The fourth-order valence-electron chi connectivity index (χ4n) is 3.88. The molecule has 0 bridgehead atoms. The number of nitrogens with zero attached hydrogens (tertiary/aromatic N) is 2. The van der Waals surface area contributed by atoms with E-state index in [0.29, 0.717) is 5.75 Å². The summed E-state index contributed by atoms with van der Waals surface area (Å²) in [6.07, 6.45) is 0. The highest BCUT2D eigenvalue weighted by atomic mass is 32.2. The number of benzene rings is 3. The molecule has 40 heavy (non-hydrogen) atoms. The summed E-state index contributed by atoms with van der Waals surface area (Å²) in [5.41, 5.74) is -0.434. The molecule has 2 amide bonds. The lowest BCUT2D eigenvalue weighted by molar-refractivity contribution is -0.140. The van der Waals surface area contributed by atoms with Gasteiger partial charge in [-0.05, 0) is 82.3 Å². The molecule has 11 heteroatoms. The van der Waals surface area contributed by atoms with E-state index < -0.39 is 51.6 Å². The maximum Gasteiger partial charge on any atom is 0.264 e. The Labute approximate surface area is 233 Å². The molecule has 0 spiro atoms. The van der Waals surface area contributed by atoms with E-state index in [1.165, 1.54) is 68.6 Å². The number of amides is 2. The lowest BCUT2D eigenvalue weighted by Crippen LogP contribution is -2.54. The second-order valence-corrected chi connectivity index (χ2v) is 12.1. The Morgan fingerprint density at radius 2 is 1.55 bits per heavy atom. The molecule has 1 N–H and O–H groups in total. The van der Waals surface area contributed by atoms with Gasteiger partial charge in [-0.3, -0.25) is 13.9 Å². The monoisotopic (exact) mass is 573 g/mol. The Kier molecular flexibility index (Phi) is 9.52. The fourth-order valence-corrected chi connectivity index (χ4v) is 5.29. The number of carbonyl (C=O) groups is 2. The normalized spacial score (nSPS) is 12.4. The van der Waals surface area contributed by atoms with Gasteiger partial charge in [0.25, 0.3) is 10.0 Å². The van der Waals surface area contributed by atoms with Crippen molar-refractivity contribution in [3.8, 4) is 5.75 Å². The van der Waals surface area contributed by atoms with Crippen molar-refractivity contribution < 1.29 is 31.5 Å². The number of anilines is 1. The van der Waals surface area contributed by atoms with Crippen molar-refractivity contribution in [2.24, 2.45) is 0 Å². The fraction of sp³-hybridized carbons (Fsp3) is 0.310. The predicted molar refractivity (Wildman–Crippen MR) is 148 cm³/mol. The summed E-state index contributed by atoms with van der Waals surface area (Å²) in [5, 5.41) is 2.80. The Balaban J connectivity index is 2.04. The van der Waals surface area contributed by atoms with Gasteiger partial charge in [0.15, 0.2) is 0 Å². The third-order valence-electron chi connectivity index (χ3n) is 6.00. The average molecular weight is 574 g/mol. The SMILES string of the molecule is COc1ccc(S(=O)(=O)N(CC(=O)N(Cc2ccccc2F)[C@H](C)C(=O)NC(C)(C)C)c2ccc(F)cc2)cc1. The molecule has 3 aromatic rings. The van der Waals surface area contributed by atoms with Crippen LogP contribution in [0.25, 0.3) is 0 Å². The van der Waals surface area contributed by atoms with Crippen LogP contribution in [0.5, 0.6) is 5.75 Å². The zero-order valence-electron chi connectivity index (χ0n) is 23.0. The summed E-state index contributed by atoms with van der Waals surface area (Å²) in [4.78, 5) is 27.9. The van der Waals surface area contributed by atoms with E-state index in [2.05, 4.69) is 5.32 Å². The third-order valence-corrected chi connectivity index (χ3v) is 7.79. The molecule has 0 aliphatic rings. The number of halogens is 2. The maximum atomic E-state index is 14.6. The number of rotatable bonds is 10. The van der Waals surface area contributed by atoms with Gasteiger partial charge in [-0.1, -0.05) is 18.2 Å². The van der Waals surface area contributed by atoms with E-state index in [9.17, 15) is 26.8 Å². The molecule has 0 heterocycles. The largest absolute Gasteiger partial charge is 0.497 e. The molecular formula is C29H33F2N3O5S.